The molecule has 2 aromatic rings. The quantitative estimate of drug-likeness (QED) is 0.666. The SMILES string of the molecule is Cl.N=CC(C=O)(c1ccccc1)c1ccccc1O. The van der Waals surface area contributed by atoms with Crippen molar-refractivity contribution in [2.75, 3.05) is 0 Å². The Labute approximate surface area is 117 Å². The van der Waals surface area contributed by atoms with E-state index in [0.29, 0.717) is 17.4 Å². The summed E-state index contributed by atoms with van der Waals surface area (Å²) in [6.07, 6.45) is 1.74. The molecule has 0 aromatic heterocycles. The van der Waals surface area contributed by atoms with Crippen molar-refractivity contribution in [1.29, 1.82) is 5.41 Å². The Morgan fingerprint density at radius 2 is 1.58 bits per heavy atom. The maximum atomic E-state index is 11.5. The fourth-order valence-electron chi connectivity index (χ4n) is 2.02. The van der Waals surface area contributed by atoms with Gasteiger partial charge in [-0.05, 0) is 11.6 Å². The zero-order chi connectivity index (χ0) is 13.0. The van der Waals surface area contributed by atoms with E-state index in [1.165, 1.54) is 6.07 Å². The maximum absolute atomic E-state index is 11.5. The van der Waals surface area contributed by atoms with Crippen LogP contribution >= 0.6 is 12.4 Å². The number of aromatic hydroxyl groups is 1. The minimum absolute atomic E-state index is 0. The lowest BCUT2D eigenvalue weighted by molar-refractivity contribution is -0.109. The molecule has 3 nitrogen and oxygen atoms in total. The van der Waals surface area contributed by atoms with Gasteiger partial charge in [-0.2, -0.15) is 0 Å². The van der Waals surface area contributed by atoms with Crippen LogP contribution in [0, 0.1) is 5.41 Å². The normalized spacial score (nSPS) is 12.8. The van der Waals surface area contributed by atoms with E-state index in [-0.39, 0.29) is 18.2 Å². The predicted octanol–water partition coefficient (Wildman–Crippen LogP) is 2.95. The summed E-state index contributed by atoms with van der Waals surface area (Å²) in [5.41, 5.74) is -0.148. The zero-order valence-corrected chi connectivity index (χ0v) is 10.9. The number of phenols is 1. The summed E-state index contributed by atoms with van der Waals surface area (Å²) >= 11 is 0. The number of nitrogens with one attached hydrogen (secondary N) is 1. The molecule has 98 valence electrons. The van der Waals surface area contributed by atoms with Gasteiger partial charge in [-0.25, -0.2) is 0 Å². The molecule has 0 aliphatic heterocycles. The summed E-state index contributed by atoms with van der Waals surface area (Å²) in [6.45, 7) is 0. The first-order chi connectivity index (χ1) is 8.74. The number of phenolic OH excluding ortho intramolecular Hbond substituents is 1. The lowest BCUT2D eigenvalue weighted by Gasteiger charge is -2.25. The monoisotopic (exact) mass is 275 g/mol. The Hall–Kier alpha value is -2.13. The van der Waals surface area contributed by atoms with Crippen molar-refractivity contribution in [2.24, 2.45) is 0 Å². The number of rotatable bonds is 4. The van der Waals surface area contributed by atoms with Crippen molar-refractivity contribution in [1.82, 2.24) is 0 Å². The minimum atomic E-state index is -1.23. The molecular weight excluding hydrogens is 262 g/mol. The topological polar surface area (TPSA) is 61.2 Å². The van der Waals surface area contributed by atoms with Crippen LogP contribution in [0.5, 0.6) is 5.75 Å². The predicted molar refractivity (Wildman–Crippen MR) is 77.4 cm³/mol. The third kappa shape index (κ3) is 2.51. The summed E-state index contributed by atoms with van der Waals surface area (Å²) in [5.74, 6) is 0.0111. The van der Waals surface area contributed by atoms with E-state index in [1.807, 2.05) is 6.07 Å². The van der Waals surface area contributed by atoms with Crippen LogP contribution in [0.1, 0.15) is 11.1 Å². The van der Waals surface area contributed by atoms with Crippen LogP contribution in [0.4, 0.5) is 0 Å². The van der Waals surface area contributed by atoms with Gasteiger partial charge in [-0.3, -0.25) is 0 Å². The number of hydrogen-bond donors (Lipinski definition) is 2. The molecule has 0 bridgehead atoms. The summed E-state index contributed by atoms with van der Waals surface area (Å²) < 4.78 is 0. The summed E-state index contributed by atoms with van der Waals surface area (Å²) in [7, 11) is 0. The number of carbonyl (C=O) groups excluding carboxylic acids is 1. The third-order valence-electron chi connectivity index (χ3n) is 3.01. The van der Waals surface area contributed by atoms with Crippen molar-refractivity contribution < 1.29 is 9.90 Å². The number of benzene rings is 2. The Morgan fingerprint density at radius 3 is 2.11 bits per heavy atom. The smallest absolute Gasteiger partial charge is 0.140 e. The van der Waals surface area contributed by atoms with Crippen LogP contribution in [-0.2, 0) is 10.2 Å². The van der Waals surface area contributed by atoms with Crippen LogP contribution in [0.2, 0.25) is 0 Å². The average molecular weight is 276 g/mol. The number of aldehydes is 1. The molecule has 0 saturated carbocycles. The van der Waals surface area contributed by atoms with Gasteiger partial charge >= 0.3 is 0 Å². The number of carbonyl (C=O) groups is 1. The van der Waals surface area contributed by atoms with Gasteiger partial charge in [0.15, 0.2) is 0 Å². The van der Waals surface area contributed by atoms with E-state index in [4.69, 9.17) is 5.41 Å². The molecule has 2 aromatic carbocycles. The average Bonchev–Trinajstić information content (AvgIpc) is 2.44. The highest BCUT2D eigenvalue weighted by Gasteiger charge is 2.34. The van der Waals surface area contributed by atoms with Crippen molar-refractivity contribution in [3.63, 3.8) is 0 Å². The second-order valence-corrected chi connectivity index (χ2v) is 4.01. The lowest BCUT2D eigenvalue weighted by Crippen LogP contribution is -2.31. The van der Waals surface area contributed by atoms with Crippen LogP contribution in [-0.4, -0.2) is 17.6 Å². The van der Waals surface area contributed by atoms with Crippen molar-refractivity contribution >= 4 is 24.9 Å². The fourth-order valence-corrected chi connectivity index (χ4v) is 2.02. The number of para-hydroxylation sites is 1. The number of halogens is 1. The van der Waals surface area contributed by atoms with Crippen molar-refractivity contribution in [3.8, 4) is 5.75 Å². The summed E-state index contributed by atoms with van der Waals surface area (Å²) in [4.78, 5) is 11.5. The molecule has 0 heterocycles. The Balaban J connectivity index is 0.00000180. The maximum Gasteiger partial charge on any atom is 0.140 e. The molecule has 1 atom stereocenters. The van der Waals surface area contributed by atoms with Gasteiger partial charge in [0.05, 0.1) is 0 Å². The Morgan fingerprint density at radius 1 is 1.00 bits per heavy atom. The highest BCUT2D eigenvalue weighted by Crippen LogP contribution is 2.34. The molecule has 2 N–H and O–H groups in total. The molecule has 0 spiro atoms. The van der Waals surface area contributed by atoms with Gasteiger partial charge in [-0.1, -0.05) is 48.5 Å². The molecule has 0 radical (unpaired) electrons. The fraction of sp³-hybridized carbons (Fsp3) is 0.0667. The highest BCUT2D eigenvalue weighted by molar-refractivity contribution is 5.98. The van der Waals surface area contributed by atoms with Crippen LogP contribution in [0.25, 0.3) is 0 Å². The third-order valence-corrected chi connectivity index (χ3v) is 3.01. The Kier molecular flexibility index (Phi) is 4.84. The molecule has 0 aliphatic carbocycles. The van der Waals surface area contributed by atoms with E-state index in [9.17, 15) is 9.90 Å². The van der Waals surface area contributed by atoms with Gasteiger partial charge in [0, 0.05) is 11.8 Å². The van der Waals surface area contributed by atoms with Gasteiger partial charge < -0.3 is 15.3 Å². The van der Waals surface area contributed by atoms with E-state index in [0.717, 1.165) is 6.21 Å². The van der Waals surface area contributed by atoms with Gasteiger partial charge in [-0.15, -0.1) is 12.4 Å². The first kappa shape index (κ1) is 14.9. The second-order valence-electron chi connectivity index (χ2n) is 4.01. The summed E-state index contributed by atoms with van der Waals surface area (Å²) in [6, 6.07) is 15.6. The molecule has 1 unspecified atom stereocenters. The van der Waals surface area contributed by atoms with Crippen LogP contribution in [0.3, 0.4) is 0 Å². The van der Waals surface area contributed by atoms with E-state index < -0.39 is 5.41 Å². The van der Waals surface area contributed by atoms with Crippen molar-refractivity contribution in [3.05, 3.63) is 65.7 Å². The van der Waals surface area contributed by atoms with Crippen molar-refractivity contribution in [2.45, 2.75) is 5.41 Å². The highest BCUT2D eigenvalue weighted by atomic mass is 35.5. The second kappa shape index (κ2) is 6.16. The van der Waals surface area contributed by atoms with Crippen LogP contribution in [0.15, 0.2) is 54.6 Å². The molecule has 0 aliphatic rings. The minimum Gasteiger partial charge on any atom is -0.508 e. The van der Waals surface area contributed by atoms with Gasteiger partial charge in [0.25, 0.3) is 0 Å². The summed E-state index contributed by atoms with van der Waals surface area (Å²) in [5, 5.41) is 17.5. The molecular formula is C15H14ClNO2. The zero-order valence-electron chi connectivity index (χ0n) is 10.1. The molecule has 0 fully saturated rings. The van der Waals surface area contributed by atoms with E-state index in [2.05, 4.69) is 0 Å². The lowest BCUT2D eigenvalue weighted by atomic mass is 9.76. The Bertz CT molecular complexity index is 561. The van der Waals surface area contributed by atoms with E-state index in [1.54, 1.807) is 42.5 Å². The molecule has 0 saturated heterocycles. The molecule has 19 heavy (non-hydrogen) atoms. The largest absolute Gasteiger partial charge is 0.508 e. The molecule has 2 rings (SSSR count). The standard InChI is InChI=1S/C15H13NO2.ClH/c16-10-15(11-17,12-6-2-1-3-7-12)13-8-4-5-9-14(13)18;/h1-11,16,18H;1H. The van der Waals surface area contributed by atoms with Gasteiger partial charge in [0.1, 0.15) is 17.5 Å². The first-order valence-corrected chi connectivity index (χ1v) is 5.56. The number of hydrogen-bond acceptors (Lipinski definition) is 3. The van der Waals surface area contributed by atoms with Crippen LogP contribution < -0.4 is 0 Å². The van der Waals surface area contributed by atoms with E-state index >= 15 is 0 Å². The van der Waals surface area contributed by atoms with Gasteiger partial charge in [0.2, 0.25) is 0 Å². The first-order valence-electron chi connectivity index (χ1n) is 5.56. The molecule has 4 heteroatoms. The molecule has 0 amide bonds.